The van der Waals surface area contributed by atoms with Crippen LogP contribution in [-0.4, -0.2) is 12.0 Å². The van der Waals surface area contributed by atoms with E-state index in [1.165, 1.54) is 6.07 Å². The molecule has 0 saturated carbocycles. The molecule has 21 heavy (non-hydrogen) atoms. The summed E-state index contributed by atoms with van der Waals surface area (Å²) in [7, 11) is 1.85. The Morgan fingerprint density at radius 2 is 1.86 bits per heavy atom. The summed E-state index contributed by atoms with van der Waals surface area (Å²) in [6.45, 7) is 1.97. The molecule has 0 spiro atoms. The molecule has 1 unspecified atom stereocenters. The monoisotopic (exact) mass is 280 g/mol. The van der Waals surface area contributed by atoms with Crippen molar-refractivity contribution in [3.05, 3.63) is 77.2 Å². The van der Waals surface area contributed by atoms with Gasteiger partial charge in [-0.05, 0) is 37.7 Å². The Morgan fingerprint density at radius 1 is 1.05 bits per heavy atom. The van der Waals surface area contributed by atoms with E-state index in [1.54, 1.807) is 12.3 Å². The van der Waals surface area contributed by atoms with Crippen molar-refractivity contribution in [1.82, 2.24) is 10.3 Å². The summed E-state index contributed by atoms with van der Waals surface area (Å²) >= 11 is 0. The number of benzene rings is 2. The largest absolute Gasteiger partial charge is 0.309 e. The van der Waals surface area contributed by atoms with Crippen LogP contribution in [0, 0.1) is 12.7 Å². The van der Waals surface area contributed by atoms with Crippen LogP contribution >= 0.6 is 0 Å². The Hall–Kier alpha value is -2.26. The number of nitrogens with zero attached hydrogens (tertiary/aromatic N) is 1. The lowest BCUT2D eigenvalue weighted by atomic mass is 9.94. The fourth-order valence-corrected chi connectivity index (χ4v) is 2.73. The van der Waals surface area contributed by atoms with E-state index in [4.69, 9.17) is 0 Å². The molecule has 3 heteroatoms. The fourth-order valence-electron chi connectivity index (χ4n) is 2.73. The first-order valence-corrected chi connectivity index (χ1v) is 6.97. The highest BCUT2D eigenvalue weighted by Crippen LogP contribution is 2.29. The van der Waals surface area contributed by atoms with Gasteiger partial charge in [0.15, 0.2) is 0 Å². The molecule has 1 heterocycles. The molecule has 0 radical (unpaired) electrons. The fraction of sp³-hybridized carbons (Fsp3) is 0.167. The van der Waals surface area contributed by atoms with Gasteiger partial charge in [0.25, 0.3) is 0 Å². The number of pyridine rings is 1. The molecule has 0 fully saturated rings. The van der Waals surface area contributed by atoms with E-state index in [-0.39, 0.29) is 11.9 Å². The van der Waals surface area contributed by atoms with Gasteiger partial charge in [0.2, 0.25) is 0 Å². The summed E-state index contributed by atoms with van der Waals surface area (Å²) in [4.78, 5) is 4.37. The maximum absolute atomic E-state index is 14.2. The minimum absolute atomic E-state index is 0.194. The molecular weight excluding hydrogens is 263 g/mol. The van der Waals surface area contributed by atoms with Gasteiger partial charge in [-0.25, -0.2) is 4.39 Å². The Bertz CT molecular complexity index is 778. The standard InChI is InChI=1S/C18H17FN2/c1-12-7-8-16(19)15(11-12)18(20-2)14-9-10-21-17-6-4-3-5-13(14)17/h3-11,18,20H,1-2H3. The number of halogens is 1. The van der Waals surface area contributed by atoms with E-state index in [0.717, 1.165) is 22.0 Å². The second-order valence-electron chi connectivity index (χ2n) is 5.16. The second kappa shape index (κ2) is 5.62. The molecule has 0 aliphatic rings. The lowest BCUT2D eigenvalue weighted by Gasteiger charge is -2.20. The number of aromatic nitrogens is 1. The average Bonchev–Trinajstić information content (AvgIpc) is 2.51. The molecule has 1 atom stereocenters. The molecule has 0 saturated heterocycles. The van der Waals surface area contributed by atoms with Gasteiger partial charge in [0.1, 0.15) is 5.82 Å². The summed E-state index contributed by atoms with van der Waals surface area (Å²) in [6.07, 6.45) is 1.77. The van der Waals surface area contributed by atoms with Crippen LogP contribution < -0.4 is 5.32 Å². The van der Waals surface area contributed by atoms with Gasteiger partial charge in [-0.1, -0.05) is 35.9 Å². The Morgan fingerprint density at radius 3 is 2.67 bits per heavy atom. The number of aryl methyl sites for hydroxylation is 1. The lowest BCUT2D eigenvalue weighted by molar-refractivity contribution is 0.577. The van der Waals surface area contributed by atoms with E-state index in [2.05, 4.69) is 10.3 Å². The van der Waals surface area contributed by atoms with Gasteiger partial charge in [-0.2, -0.15) is 0 Å². The van der Waals surface area contributed by atoms with E-state index >= 15 is 0 Å². The van der Waals surface area contributed by atoms with Crippen LogP contribution in [0.15, 0.2) is 54.7 Å². The molecule has 0 amide bonds. The van der Waals surface area contributed by atoms with Gasteiger partial charge in [0.05, 0.1) is 11.6 Å². The van der Waals surface area contributed by atoms with Crippen LogP contribution in [-0.2, 0) is 0 Å². The molecule has 2 nitrogen and oxygen atoms in total. The number of nitrogens with one attached hydrogen (secondary N) is 1. The topological polar surface area (TPSA) is 24.9 Å². The first-order valence-electron chi connectivity index (χ1n) is 6.97. The van der Waals surface area contributed by atoms with Crippen molar-refractivity contribution in [2.75, 3.05) is 7.05 Å². The van der Waals surface area contributed by atoms with Gasteiger partial charge in [-0.15, -0.1) is 0 Å². The highest BCUT2D eigenvalue weighted by Gasteiger charge is 2.18. The summed E-state index contributed by atoms with van der Waals surface area (Å²) in [5.41, 5.74) is 3.66. The molecule has 0 bridgehead atoms. The number of para-hydroxylation sites is 1. The van der Waals surface area contributed by atoms with Gasteiger partial charge >= 0.3 is 0 Å². The maximum Gasteiger partial charge on any atom is 0.128 e. The van der Waals surface area contributed by atoms with Crippen molar-refractivity contribution in [2.24, 2.45) is 0 Å². The lowest BCUT2D eigenvalue weighted by Crippen LogP contribution is -2.19. The summed E-state index contributed by atoms with van der Waals surface area (Å²) in [5, 5.41) is 4.27. The van der Waals surface area contributed by atoms with Gasteiger partial charge in [0, 0.05) is 17.1 Å². The van der Waals surface area contributed by atoms with Crippen LogP contribution in [0.25, 0.3) is 10.9 Å². The minimum Gasteiger partial charge on any atom is -0.309 e. The van der Waals surface area contributed by atoms with Gasteiger partial charge in [-0.3, -0.25) is 4.98 Å². The number of hydrogen-bond donors (Lipinski definition) is 1. The van der Waals surface area contributed by atoms with Crippen molar-refractivity contribution in [2.45, 2.75) is 13.0 Å². The van der Waals surface area contributed by atoms with E-state index < -0.39 is 0 Å². The third-order valence-corrected chi connectivity index (χ3v) is 3.74. The zero-order valence-electron chi connectivity index (χ0n) is 12.1. The van der Waals surface area contributed by atoms with E-state index in [9.17, 15) is 4.39 Å². The maximum atomic E-state index is 14.2. The van der Waals surface area contributed by atoms with Crippen molar-refractivity contribution in [1.29, 1.82) is 0 Å². The number of rotatable bonds is 3. The Kier molecular flexibility index (Phi) is 3.67. The SMILES string of the molecule is CNC(c1cc(C)ccc1F)c1ccnc2ccccc12. The third kappa shape index (κ3) is 2.52. The highest BCUT2D eigenvalue weighted by atomic mass is 19.1. The van der Waals surface area contributed by atoms with Crippen LogP contribution in [0.1, 0.15) is 22.7 Å². The summed E-state index contributed by atoms with van der Waals surface area (Å²) in [5.74, 6) is -0.194. The van der Waals surface area contributed by atoms with Crippen molar-refractivity contribution >= 4 is 10.9 Å². The molecule has 3 aromatic rings. The summed E-state index contributed by atoms with van der Waals surface area (Å²) in [6, 6.07) is 14.9. The predicted octanol–water partition coefficient (Wildman–Crippen LogP) is 3.99. The normalized spacial score (nSPS) is 12.5. The van der Waals surface area contributed by atoms with Crippen LogP contribution in [0.5, 0.6) is 0 Å². The molecule has 106 valence electrons. The smallest absolute Gasteiger partial charge is 0.128 e. The van der Waals surface area contributed by atoms with E-state index in [0.29, 0.717) is 5.56 Å². The Labute approximate surface area is 123 Å². The van der Waals surface area contributed by atoms with Crippen LogP contribution in [0.3, 0.4) is 0 Å². The number of fused-ring (bicyclic) bond motifs is 1. The average molecular weight is 280 g/mol. The third-order valence-electron chi connectivity index (χ3n) is 3.74. The molecular formula is C18H17FN2. The molecule has 1 aromatic heterocycles. The van der Waals surface area contributed by atoms with Crippen molar-refractivity contribution in [3.8, 4) is 0 Å². The second-order valence-corrected chi connectivity index (χ2v) is 5.16. The number of hydrogen-bond acceptors (Lipinski definition) is 2. The van der Waals surface area contributed by atoms with Crippen LogP contribution in [0.4, 0.5) is 4.39 Å². The zero-order valence-corrected chi connectivity index (χ0v) is 12.1. The molecule has 0 aliphatic carbocycles. The highest BCUT2D eigenvalue weighted by molar-refractivity contribution is 5.82. The zero-order chi connectivity index (χ0) is 14.8. The van der Waals surface area contributed by atoms with Crippen LogP contribution in [0.2, 0.25) is 0 Å². The molecule has 0 aliphatic heterocycles. The first-order chi connectivity index (χ1) is 10.2. The minimum atomic E-state index is -0.196. The quantitative estimate of drug-likeness (QED) is 0.784. The molecule has 3 rings (SSSR count). The first kappa shape index (κ1) is 13.7. The molecule has 2 aromatic carbocycles. The predicted molar refractivity (Wildman–Crippen MR) is 83.8 cm³/mol. The van der Waals surface area contributed by atoms with E-state index in [1.807, 2.05) is 50.4 Å². The van der Waals surface area contributed by atoms with Crippen molar-refractivity contribution in [3.63, 3.8) is 0 Å². The Balaban J connectivity index is 2.21. The van der Waals surface area contributed by atoms with Crippen molar-refractivity contribution < 1.29 is 4.39 Å². The van der Waals surface area contributed by atoms with Gasteiger partial charge < -0.3 is 5.32 Å². The molecule has 1 N–H and O–H groups in total. The summed E-state index contributed by atoms with van der Waals surface area (Å²) < 4.78 is 14.2.